The highest BCUT2D eigenvalue weighted by Crippen LogP contribution is 2.39. The fraction of sp³-hybridized carbons (Fsp3) is 0. The third kappa shape index (κ3) is 3.68. The molecule has 3 nitrogen and oxygen atoms in total. The Bertz CT molecular complexity index is 1770. The molecule has 40 heavy (non-hydrogen) atoms. The number of pyridine rings is 1. The number of anilines is 3. The molecule has 2 heterocycles. The van der Waals surface area contributed by atoms with Gasteiger partial charge in [0.25, 0.3) is 0 Å². The van der Waals surface area contributed by atoms with Gasteiger partial charge in [-0.2, -0.15) is 5.26 Å². The van der Waals surface area contributed by atoms with E-state index in [1.165, 1.54) is 32.1 Å². The summed E-state index contributed by atoms with van der Waals surface area (Å²) >= 11 is 0. The lowest BCUT2D eigenvalue weighted by atomic mass is 10.1. The summed E-state index contributed by atoms with van der Waals surface area (Å²) in [5.74, 6) is 0. The number of aromatic nitrogens is 1. The quantitative estimate of drug-likeness (QED) is 0.273. The highest BCUT2D eigenvalue weighted by Gasteiger charge is 2.48. The molecule has 0 bridgehead atoms. The van der Waals surface area contributed by atoms with Crippen LogP contribution in [-0.2, 0) is 0 Å². The topological polar surface area (TPSA) is 39.9 Å². The van der Waals surface area contributed by atoms with Crippen molar-refractivity contribution in [2.45, 2.75) is 0 Å². The maximum absolute atomic E-state index is 9.19. The van der Waals surface area contributed by atoms with Crippen LogP contribution in [0.15, 0.2) is 152 Å². The van der Waals surface area contributed by atoms with Crippen molar-refractivity contribution >= 4 is 45.9 Å². The first-order valence-corrected chi connectivity index (χ1v) is 15.4. The summed E-state index contributed by atoms with van der Waals surface area (Å²) in [5.41, 5.74) is 5.96. The fourth-order valence-corrected chi connectivity index (χ4v) is 11.2. The average molecular weight is 528 g/mol. The van der Waals surface area contributed by atoms with Crippen LogP contribution in [0.2, 0.25) is 0 Å². The van der Waals surface area contributed by atoms with Crippen LogP contribution >= 0.6 is 0 Å². The Balaban J connectivity index is 1.50. The molecule has 0 atom stereocenters. The number of nitrogens with zero attached hydrogens (tertiary/aromatic N) is 3. The predicted octanol–water partition coefficient (Wildman–Crippen LogP) is 5.78. The predicted molar refractivity (Wildman–Crippen MR) is 166 cm³/mol. The molecule has 1 aliphatic rings. The zero-order valence-electron chi connectivity index (χ0n) is 21.8. The number of para-hydroxylation sites is 2. The maximum Gasteiger partial charge on any atom is 0.184 e. The number of rotatable bonds is 4. The molecule has 1 aromatic heterocycles. The molecule has 188 valence electrons. The number of benzene rings is 5. The lowest BCUT2D eigenvalue weighted by Crippen LogP contribution is -2.77. The van der Waals surface area contributed by atoms with Crippen molar-refractivity contribution in [3.05, 3.63) is 157 Å². The van der Waals surface area contributed by atoms with Crippen molar-refractivity contribution < 1.29 is 0 Å². The molecular weight excluding hydrogens is 503 g/mol. The van der Waals surface area contributed by atoms with E-state index in [9.17, 15) is 5.26 Å². The van der Waals surface area contributed by atoms with Crippen molar-refractivity contribution in [3.8, 4) is 17.2 Å². The molecule has 6 aromatic rings. The van der Waals surface area contributed by atoms with Gasteiger partial charge in [-0.3, -0.25) is 0 Å². The minimum absolute atomic E-state index is 0.418. The SMILES string of the molecule is N#Cc1ccc(-c2cccc(N3c4ccccc4[Si](c4ccccc4)(c4ccccc4)c4ccccc43)c2)cn1. The number of nitriles is 1. The zero-order chi connectivity index (χ0) is 26.9. The van der Waals surface area contributed by atoms with Crippen LogP contribution in [0.3, 0.4) is 0 Å². The van der Waals surface area contributed by atoms with E-state index in [1.807, 2.05) is 6.07 Å². The molecule has 0 amide bonds. The number of fused-ring (bicyclic) bond motifs is 2. The van der Waals surface area contributed by atoms with E-state index in [0.29, 0.717) is 5.69 Å². The first kappa shape index (κ1) is 23.8. The van der Waals surface area contributed by atoms with Crippen molar-refractivity contribution in [1.82, 2.24) is 4.98 Å². The fourth-order valence-electron chi connectivity index (χ4n) is 6.14. The standard InChI is InChI=1S/C36H25N3Si/c37-25-29-23-22-28(26-38-29)27-12-11-13-30(24-27)39-33-18-7-9-20-35(33)40(31-14-3-1-4-15-31,32-16-5-2-6-17-32)36-21-10-8-19-34(36)39/h1-24,26H. The van der Waals surface area contributed by atoms with Gasteiger partial charge in [0.15, 0.2) is 8.07 Å². The van der Waals surface area contributed by atoms with Crippen molar-refractivity contribution in [2.75, 3.05) is 4.90 Å². The second-order valence-electron chi connectivity index (χ2n) is 9.95. The lowest BCUT2D eigenvalue weighted by molar-refractivity contribution is 1.26. The Morgan fingerprint density at radius 1 is 0.550 bits per heavy atom. The van der Waals surface area contributed by atoms with Gasteiger partial charge < -0.3 is 4.90 Å². The second kappa shape index (κ2) is 9.81. The Kier molecular flexibility index (Phi) is 5.85. The summed E-state index contributed by atoms with van der Waals surface area (Å²) in [4.78, 5) is 6.71. The summed E-state index contributed by atoms with van der Waals surface area (Å²) in [6.07, 6.45) is 1.78. The van der Waals surface area contributed by atoms with Gasteiger partial charge >= 0.3 is 0 Å². The van der Waals surface area contributed by atoms with Crippen molar-refractivity contribution in [3.63, 3.8) is 0 Å². The van der Waals surface area contributed by atoms with Gasteiger partial charge in [0.1, 0.15) is 11.8 Å². The van der Waals surface area contributed by atoms with E-state index in [1.54, 1.807) is 12.3 Å². The molecular formula is C36H25N3Si. The van der Waals surface area contributed by atoms with Crippen LogP contribution < -0.4 is 25.6 Å². The first-order valence-electron chi connectivity index (χ1n) is 13.4. The smallest absolute Gasteiger partial charge is 0.184 e. The third-order valence-electron chi connectivity index (χ3n) is 7.83. The molecule has 4 heteroatoms. The lowest BCUT2D eigenvalue weighted by Gasteiger charge is -2.45. The molecule has 0 radical (unpaired) electrons. The van der Waals surface area contributed by atoms with Gasteiger partial charge in [0, 0.05) is 28.8 Å². The minimum Gasteiger partial charge on any atom is -0.311 e. The largest absolute Gasteiger partial charge is 0.311 e. The molecule has 1 aliphatic heterocycles. The number of hydrogen-bond acceptors (Lipinski definition) is 3. The normalized spacial score (nSPS) is 13.1. The van der Waals surface area contributed by atoms with Gasteiger partial charge in [0.05, 0.1) is 0 Å². The first-order chi connectivity index (χ1) is 19.8. The van der Waals surface area contributed by atoms with Crippen molar-refractivity contribution in [1.29, 1.82) is 5.26 Å². The Morgan fingerprint density at radius 3 is 1.68 bits per heavy atom. The molecule has 0 saturated carbocycles. The molecule has 5 aromatic carbocycles. The summed E-state index contributed by atoms with van der Waals surface area (Å²) in [7, 11) is -2.62. The summed E-state index contributed by atoms with van der Waals surface area (Å²) in [6.45, 7) is 0. The summed E-state index contributed by atoms with van der Waals surface area (Å²) in [6, 6.07) is 54.4. The molecule has 0 N–H and O–H groups in total. The highest BCUT2D eigenvalue weighted by atomic mass is 28.3. The van der Waals surface area contributed by atoms with E-state index in [0.717, 1.165) is 16.8 Å². The monoisotopic (exact) mass is 527 g/mol. The zero-order valence-corrected chi connectivity index (χ0v) is 22.8. The minimum atomic E-state index is -2.62. The van der Waals surface area contributed by atoms with Crippen LogP contribution in [0.5, 0.6) is 0 Å². The molecule has 0 aliphatic carbocycles. The van der Waals surface area contributed by atoms with Crippen LogP contribution in [0, 0.1) is 11.3 Å². The van der Waals surface area contributed by atoms with Gasteiger partial charge in [-0.15, -0.1) is 0 Å². The van der Waals surface area contributed by atoms with Crippen LogP contribution in [0.4, 0.5) is 17.1 Å². The van der Waals surface area contributed by atoms with Gasteiger partial charge in [0.2, 0.25) is 0 Å². The van der Waals surface area contributed by atoms with E-state index in [4.69, 9.17) is 0 Å². The second-order valence-corrected chi connectivity index (χ2v) is 13.7. The molecule has 0 fully saturated rings. The van der Waals surface area contributed by atoms with E-state index < -0.39 is 8.07 Å². The third-order valence-corrected chi connectivity index (χ3v) is 12.7. The highest BCUT2D eigenvalue weighted by molar-refractivity contribution is 7.21. The van der Waals surface area contributed by atoms with Crippen LogP contribution in [0.25, 0.3) is 11.1 Å². The van der Waals surface area contributed by atoms with Crippen molar-refractivity contribution in [2.24, 2.45) is 0 Å². The Morgan fingerprint density at radius 2 is 1.12 bits per heavy atom. The van der Waals surface area contributed by atoms with E-state index in [-0.39, 0.29) is 0 Å². The van der Waals surface area contributed by atoms with Gasteiger partial charge in [-0.1, -0.05) is 109 Å². The van der Waals surface area contributed by atoms with E-state index in [2.05, 4.69) is 149 Å². The average Bonchev–Trinajstić information content (AvgIpc) is 3.04. The molecule has 0 unspecified atom stereocenters. The number of hydrogen-bond donors (Lipinski definition) is 0. The maximum atomic E-state index is 9.19. The van der Waals surface area contributed by atoms with Crippen LogP contribution in [-0.4, -0.2) is 13.1 Å². The summed E-state index contributed by atoms with van der Waals surface area (Å²) < 4.78 is 0. The Hall–Kier alpha value is -5.24. The Labute approximate surface area is 235 Å². The molecule has 7 rings (SSSR count). The summed E-state index contributed by atoms with van der Waals surface area (Å²) in [5, 5.41) is 14.7. The molecule has 0 spiro atoms. The van der Waals surface area contributed by atoms with E-state index >= 15 is 0 Å². The molecule has 0 saturated heterocycles. The van der Waals surface area contributed by atoms with Gasteiger partial charge in [-0.25, -0.2) is 4.98 Å². The van der Waals surface area contributed by atoms with Crippen LogP contribution in [0.1, 0.15) is 5.69 Å². The van der Waals surface area contributed by atoms with Gasteiger partial charge in [-0.05, 0) is 62.7 Å².